The second-order valence-corrected chi connectivity index (χ2v) is 6.52. The molecule has 1 aliphatic rings. The van der Waals surface area contributed by atoms with Crippen molar-refractivity contribution in [3.63, 3.8) is 0 Å². The van der Waals surface area contributed by atoms with Crippen LogP contribution in [0.5, 0.6) is 5.88 Å². The molecule has 144 valence electrons. The molecule has 1 saturated heterocycles. The Morgan fingerprint density at radius 1 is 1.30 bits per heavy atom. The highest BCUT2D eigenvalue weighted by Crippen LogP contribution is 2.18. The highest BCUT2D eigenvalue weighted by Gasteiger charge is 2.14. The zero-order valence-corrected chi connectivity index (χ0v) is 15.7. The van der Waals surface area contributed by atoms with E-state index in [4.69, 9.17) is 9.47 Å². The molecule has 1 fully saturated rings. The van der Waals surface area contributed by atoms with E-state index in [1.54, 1.807) is 30.7 Å². The number of anilines is 2. The lowest BCUT2D eigenvalue weighted by Crippen LogP contribution is -2.36. The summed E-state index contributed by atoms with van der Waals surface area (Å²) in [6.07, 6.45) is 4.95. The number of ether oxygens (including phenoxy) is 2. The first kappa shape index (κ1) is 19.1. The molecule has 0 bridgehead atoms. The lowest BCUT2D eigenvalue weighted by molar-refractivity contribution is 0.102. The van der Waals surface area contributed by atoms with Crippen molar-refractivity contribution >= 4 is 17.3 Å². The van der Waals surface area contributed by atoms with E-state index in [0.29, 0.717) is 37.0 Å². The molecule has 0 atom stereocenters. The predicted octanol–water partition coefficient (Wildman–Crippen LogP) is 1.51. The zero-order chi connectivity index (χ0) is 19.1. The topological polar surface area (TPSA) is 79.8 Å². The molecule has 1 N–H and O–H groups in total. The van der Waals surface area contributed by atoms with Crippen molar-refractivity contribution in [2.45, 2.75) is 0 Å². The van der Waals surface area contributed by atoms with Gasteiger partial charge in [-0.3, -0.25) is 9.78 Å². The zero-order valence-electron chi connectivity index (χ0n) is 15.7. The highest BCUT2D eigenvalue weighted by molar-refractivity contribution is 6.04. The minimum atomic E-state index is -0.219. The minimum Gasteiger partial charge on any atom is -0.476 e. The Bertz CT molecular complexity index is 763. The molecular formula is C19H25N5O3. The van der Waals surface area contributed by atoms with Gasteiger partial charge in [0.05, 0.1) is 30.7 Å². The van der Waals surface area contributed by atoms with E-state index in [1.165, 1.54) is 0 Å². The van der Waals surface area contributed by atoms with E-state index in [9.17, 15) is 4.79 Å². The van der Waals surface area contributed by atoms with Crippen LogP contribution in [-0.4, -0.2) is 74.3 Å². The molecule has 8 heteroatoms. The average molecular weight is 371 g/mol. The number of likely N-dealkylation sites (N-methyl/N-ethyl adjacent to an activating group) is 1. The van der Waals surface area contributed by atoms with Crippen molar-refractivity contribution in [2.75, 3.05) is 63.8 Å². The first-order valence-electron chi connectivity index (χ1n) is 8.94. The minimum absolute atomic E-state index is 0.219. The van der Waals surface area contributed by atoms with E-state index < -0.39 is 0 Å². The van der Waals surface area contributed by atoms with Gasteiger partial charge in [0.1, 0.15) is 6.61 Å². The van der Waals surface area contributed by atoms with Gasteiger partial charge in [0.2, 0.25) is 5.88 Å². The third-order valence-corrected chi connectivity index (χ3v) is 4.14. The maximum atomic E-state index is 12.6. The first-order valence-corrected chi connectivity index (χ1v) is 8.94. The summed E-state index contributed by atoms with van der Waals surface area (Å²) in [4.78, 5) is 25.2. The average Bonchev–Trinajstić information content (AvgIpc) is 2.69. The van der Waals surface area contributed by atoms with Gasteiger partial charge in [-0.2, -0.15) is 0 Å². The van der Waals surface area contributed by atoms with Crippen molar-refractivity contribution in [3.8, 4) is 5.88 Å². The Hall–Kier alpha value is -2.71. The van der Waals surface area contributed by atoms with Crippen molar-refractivity contribution < 1.29 is 14.3 Å². The molecule has 0 aliphatic carbocycles. The van der Waals surface area contributed by atoms with Gasteiger partial charge in [-0.25, -0.2) is 4.98 Å². The lowest BCUT2D eigenvalue weighted by atomic mass is 10.2. The fourth-order valence-electron chi connectivity index (χ4n) is 2.65. The van der Waals surface area contributed by atoms with Gasteiger partial charge in [0.25, 0.3) is 5.91 Å². The number of hydrogen-bond donors (Lipinski definition) is 1. The normalized spacial score (nSPS) is 14.3. The Kier molecular flexibility index (Phi) is 6.56. The van der Waals surface area contributed by atoms with Gasteiger partial charge in [0.15, 0.2) is 0 Å². The van der Waals surface area contributed by atoms with Crippen molar-refractivity contribution in [1.29, 1.82) is 0 Å². The van der Waals surface area contributed by atoms with Crippen LogP contribution in [0.2, 0.25) is 0 Å². The van der Waals surface area contributed by atoms with Crippen LogP contribution in [0.4, 0.5) is 11.4 Å². The van der Waals surface area contributed by atoms with Gasteiger partial charge in [-0.15, -0.1) is 0 Å². The molecule has 1 amide bonds. The monoisotopic (exact) mass is 371 g/mol. The van der Waals surface area contributed by atoms with Crippen LogP contribution in [0.1, 0.15) is 10.4 Å². The third-order valence-electron chi connectivity index (χ3n) is 4.14. The molecule has 0 saturated carbocycles. The van der Waals surface area contributed by atoms with E-state index in [2.05, 4.69) is 20.2 Å². The van der Waals surface area contributed by atoms with Crippen LogP contribution in [-0.2, 0) is 4.74 Å². The number of rotatable bonds is 7. The second kappa shape index (κ2) is 9.29. The van der Waals surface area contributed by atoms with Crippen LogP contribution in [0.15, 0.2) is 36.8 Å². The fourth-order valence-corrected chi connectivity index (χ4v) is 2.65. The van der Waals surface area contributed by atoms with Crippen molar-refractivity contribution in [1.82, 2.24) is 14.9 Å². The number of amides is 1. The summed E-state index contributed by atoms with van der Waals surface area (Å²) >= 11 is 0. The summed E-state index contributed by atoms with van der Waals surface area (Å²) in [5.41, 5.74) is 2.06. The Balaban J connectivity index is 1.63. The van der Waals surface area contributed by atoms with Crippen LogP contribution in [0, 0.1) is 0 Å². The van der Waals surface area contributed by atoms with E-state index in [-0.39, 0.29) is 5.91 Å². The molecule has 0 radical (unpaired) electrons. The Morgan fingerprint density at radius 2 is 2.11 bits per heavy atom. The summed E-state index contributed by atoms with van der Waals surface area (Å²) in [5, 5.41) is 2.88. The highest BCUT2D eigenvalue weighted by atomic mass is 16.5. The fraction of sp³-hybridized carbons (Fsp3) is 0.421. The van der Waals surface area contributed by atoms with Gasteiger partial charge in [0, 0.05) is 43.8 Å². The maximum Gasteiger partial charge on any atom is 0.257 e. The molecule has 3 rings (SSSR count). The predicted molar refractivity (Wildman–Crippen MR) is 104 cm³/mol. The molecule has 2 aromatic heterocycles. The summed E-state index contributed by atoms with van der Waals surface area (Å²) in [7, 11) is 3.96. The summed E-state index contributed by atoms with van der Waals surface area (Å²) in [6, 6.07) is 5.30. The van der Waals surface area contributed by atoms with Crippen LogP contribution in [0.3, 0.4) is 0 Å². The number of pyridine rings is 2. The number of carbonyl (C=O) groups is 1. The number of aromatic nitrogens is 2. The number of nitrogens with zero attached hydrogens (tertiary/aromatic N) is 4. The Labute approximate surface area is 159 Å². The SMILES string of the molecule is CN(C)CCOc1cc(NC(=O)c2cncc(N3CCOCC3)c2)ccn1. The lowest BCUT2D eigenvalue weighted by Gasteiger charge is -2.28. The van der Waals surface area contributed by atoms with Crippen molar-refractivity contribution in [3.05, 3.63) is 42.4 Å². The van der Waals surface area contributed by atoms with Gasteiger partial charge < -0.3 is 24.6 Å². The standard InChI is InChI=1S/C19H25N5O3/c1-23(2)5-10-27-18-12-16(3-4-21-18)22-19(25)15-11-17(14-20-13-15)24-6-8-26-9-7-24/h3-4,11-14H,5-10H2,1-2H3,(H,21,22,25). The van der Waals surface area contributed by atoms with E-state index in [0.717, 1.165) is 25.3 Å². The van der Waals surface area contributed by atoms with E-state index >= 15 is 0 Å². The number of nitrogens with one attached hydrogen (secondary N) is 1. The number of carbonyl (C=O) groups excluding carboxylic acids is 1. The molecule has 27 heavy (non-hydrogen) atoms. The smallest absolute Gasteiger partial charge is 0.257 e. The van der Waals surface area contributed by atoms with Gasteiger partial charge in [-0.05, 0) is 26.2 Å². The molecule has 2 aromatic rings. The van der Waals surface area contributed by atoms with Gasteiger partial charge in [-0.1, -0.05) is 0 Å². The van der Waals surface area contributed by atoms with Crippen LogP contribution >= 0.6 is 0 Å². The number of hydrogen-bond acceptors (Lipinski definition) is 7. The molecule has 0 unspecified atom stereocenters. The van der Waals surface area contributed by atoms with Gasteiger partial charge >= 0.3 is 0 Å². The van der Waals surface area contributed by atoms with E-state index in [1.807, 2.05) is 25.1 Å². The van der Waals surface area contributed by atoms with Crippen molar-refractivity contribution in [2.24, 2.45) is 0 Å². The molecule has 0 aromatic carbocycles. The van der Waals surface area contributed by atoms with Crippen LogP contribution in [0.25, 0.3) is 0 Å². The third kappa shape index (κ3) is 5.63. The largest absolute Gasteiger partial charge is 0.476 e. The maximum absolute atomic E-state index is 12.6. The molecule has 1 aliphatic heterocycles. The second-order valence-electron chi connectivity index (χ2n) is 6.52. The Morgan fingerprint density at radius 3 is 2.89 bits per heavy atom. The molecule has 3 heterocycles. The molecular weight excluding hydrogens is 346 g/mol. The quantitative estimate of drug-likeness (QED) is 0.790. The molecule has 0 spiro atoms. The summed E-state index contributed by atoms with van der Waals surface area (Å²) < 4.78 is 11.0. The molecule has 8 nitrogen and oxygen atoms in total. The van der Waals surface area contributed by atoms with Crippen LogP contribution < -0.4 is 15.0 Å². The first-order chi connectivity index (χ1) is 13.1. The summed E-state index contributed by atoms with van der Waals surface area (Å²) in [5.74, 6) is 0.262. The summed E-state index contributed by atoms with van der Waals surface area (Å²) in [6.45, 7) is 4.28. The number of morpholine rings is 1.